The number of allylic oxidation sites excluding steroid dienone is 1. The summed E-state index contributed by atoms with van der Waals surface area (Å²) in [4.78, 5) is 30.5. The minimum Gasteiger partial charge on any atom is -0.465 e. The van der Waals surface area contributed by atoms with Gasteiger partial charge in [0.2, 0.25) is 0 Å². The van der Waals surface area contributed by atoms with Gasteiger partial charge in [-0.15, -0.1) is 0 Å². The number of amides is 1. The molecular formula is C27H28N2O5. The van der Waals surface area contributed by atoms with E-state index in [4.69, 9.17) is 18.9 Å². The fourth-order valence-electron chi connectivity index (χ4n) is 4.80. The normalized spacial score (nSPS) is 20.9. The molecule has 1 amide bonds. The standard InChI is InChI=1S/C27H28N2O5/c1-17-12-18(14-19-6-4-10-32-19)26-22(13-17)25(21-8-2-3-9-23(21)29-26)27(31)34-16-24(30)28-15-20-7-5-11-33-20/h2-4,6,8-10,14,17,20H,5,7,11-13,15-16H2,1H3,(H,28,30)/b18-14+. The molecule has 3 aromatic rings. The van der Waals surface area contributed by atoms with Gasteiger partial charge in [0.05, 0.1) is 29.1 Å². The van der Waals surface area contributed by atoms with Crippen LogP contribution >= 0.6 is 0 Å². The van der Waals surface area contributed by atoms with Crippen LogP contribution in [0, 0.1) is 5.92 Å². The monoisotopic (exact) mass is 460 g/mol. The summed E-state index contributed by atoms with van der Waals surface area (Å²) in [6.45, 7) is 2.98. The lowest BCUT2D eigenvalue weighted by atomic mass is 9.81. The summed E-state index contributed by atoms with van der Waals surface area (Å²) in [5.41, 5.74) is 3.89. The lowest BCUT2D eigenvalue weighted by molar-refractivity contribution is -0.124. The highest BCUT2D eigenvalue weighted by Crippen LogP contribution is 2.38. The first kappa shape index (κ1) is 22.3. The zero-order valence-electron chi connectivity index (χ0n) is 19.2. The Bertz CT molecular complexity index is 1230. The minimum atomic E-state index is -0.506. The quantitative estimate of drug-likeness (QED) is 0.548. The van der Waals surface area contributed by atoms with Gasteiger partial charge in [0.1, 0.15) is 5.76 Å². The van der Waals surface area contributed by atoms with E-state index in [1.165, 1.54) is 0 Å². The Morgan fingerprint density at radius 2 is 2.09 bits per heavy atom. The third-order valence-electron chi connectivity index (χ3n) is 6.37. The van der Waals surface area contributed by atoms with Gasteiger partial charge in [0.25, 0.3) is 5.91 Å². The molecule has 3 heterocycles. The van der Waals surface area contributed by atoms with Gasteiger partial charge < -0.3 is 19.2 Å². The maximum Gasteiger partial charge on any atom is 0.339 e. The highest BCUT2D eigenvalue weighted by molar-refractivity contribution is 6.07. The Labute approximate surface area is 198 Å². The fourth-order valence-corrected chi connectivity index (χ4v) is 4.80. The molecule has 1 saturated heterocycles. The number of benzene rings is 1. The van der Waals surface area contributed by atoms with E-state index < -0.39 is 5.97 Å². The predicted octanol–water partition coefficient (Wildman–Crippen LogP) is 4.40. The van der Waals surface area contributed by atoms with Gasteiger partial charge in [-0.25, -0.2) is 9.78 Å². The molecule has 2 atom stereocenters. The number of rotatable bonds is 6. The summed E-state index contributed by atoms with van der Waals surface area (Å²) < 4.78 is 16.6. The number of furan rings is 1. The second-order valence-corrected chi connectivity index (χ2v) is 9.04. The molecule has 2 aliphatic rings. The van der Waals surface area contributed by atoms with Crippen LogP contribution in [0.15, 0.2) is 47.1 Å². The maximum absolute atomic E-state index is 13.3. The number of nitrogens with zero attached hydrogens (tertiary/aromatic N) is 1. The van der Waals surface area contributed by atoms with Crippen molar-refractivity contribution in [2.45, 2.75) is 38.7 Å². The van der Waals surface area contributed by atoms with Crippen molar-refractivity contribution in [1.82, 2.24) is 10.3 Å². The Balaban J connectivity index is 1.44. The number of carbonyl (C=O) groups excluding carboxylic acids is 2. The molecule has 176 valence electrons. The largest absolute Gasteiger partial charge is 0.465 e. The van der Waals surface area contributed by atoms with Crippen molar-refractivity contribution in [3.05, 3.63) is 65.2 Å². The average Bonchev–Trinajstić information content (AvgIpc) is 3.54. The van der Waals surface area contributed by atoms with Crippen molar-refractivity contribution >= 4 is 34.4 Å². The molecule has 7 nitrogen and oxygen atoms in total. The summed E-state index contributed by atoms with van der Waals surface area (Å²) in [5, 5.41) is 3.53. The number of fused-ring (bicyclic) bond motifs is 2. The van der Waals surface area contributed by atoms with Gasteiger partial charge in [0, 0.05) is 18.5 Å². The molecule has 1 aromatic carbocycles. The first-order valence-electron chi connectivity index (χ1n) is 11.8. The van der Waals surface area contributed by atoms with E-state index >= 15 is 0 Å². The molecule has 1 fully saturated rings. The molecule has 5 rings (SSSR count). The fraction of sp³-hybridized carbons (Fsp3) is 0.370. The average molecular weight is 461 g/mol. The van der Waals surface area contributed by atoms with E-state index in [1.807, 2.05) is 42.5 Å². The van der Waals surface area contributed by atoms with Crippen LogP contribution in [0.3, 0.4) is 0 Å². The minimum absolute atomic E-state index is 0.0386. The number of hydrogen-bond donors (Lipinski definition) is 1. The summed E-state index contributed by atoms with van der Waals surface area (Å²) in [6, 6.07) is 11.3. The number of pyridine rings is 1. The van der Waals surface area contributed by atoms with Crippen molar-refractivity contribution in [3.8, 4) is 0 Å². The van der Waals surface area contributed by atoms with Gasteiger partial charge in [-0.3, -0.25) is 4.79 Å². The molecule has 2 unspecified atom stereocenters. The number of nitrogens with one attached hydrogen (secondary N) is 1. The van der Waals surface area contributed by atoms with Crippen LogP contribution in [-0.2, 0) is 20.7 Å². The molecule has 7 heteroatoms. The highest BCUT2D eigenvalue weighted by Gasteiger charge is 2.29. The number of carbonyl (C=O) groups is 2. The number of hydrogen-bond acceptors (Lipinski definition) is 6. The van der Waals surface area contributed by atoms with Crippen molar-refractivity contribution in [2.24, 2.45) is 5.92 Å². The third-order valence-corrected chi connectivity index (χ3v) is 6.37. The van der Waals surface area contributed by atoms with E-state index in [1.54, 1.807) is 6.26 Å². The Morgan fingerprint density at radius 1 is 1.21 bits per heavy atom. The van der Waals surface area contributed by atoms with Crippen molar-refractivity contribution in [2.75, 3.05) is 19.8 Å². The van der Waals surface area contributed by atoms with Crippen molar-refractivity contribution < 1.29 is 23.5 Å². The van der Waals surface area contributed by atoms with Gasteiger partial charge in [-0.1, -0.05) is 25.1 Å². The second-order valence-electron chi connectivity index (χ2n) is 9.04. The number of aromatic nitrogens is 1. The molecular weight excluding hydrogens is 432 g/mol. The van der Waals surface area contributed by atoms with Crippen LogP contribution in [-0.4, -0.2) is 42.7 Å². The predicted molar refractivity (Wildman–Crippen MR) is 128 cm³/mol. The van der Waals surface area contributed by atoms with Gasteiger partial charge in [-0.2, -0.15) is 0 Å². The second kappa shape index (κ2) is 9.81. The molecule has 34 heavy (non-hydrogen) atoms. The zero-order valence-corrected chi connectivity index (χ0v) is 19.2. The first-order chi connectivity index (χ1) is 16.6. The molecule has 0 spiro atoms. The summed E-state index contributed by atoms with van der Waals surface area (Å²) >= 11 is 0. The van der Waals surface area contributed by atoms with Crippen LogP contribution in [0.1, 0.15) is 53.6 Å². The van der Waals surface area contributed by atoms with Crippen molar-refractivity contribution in [3.63, 3.8) is 0 Å². The smallest absolute Gasteiger partial charge is 0.339 e. The third kappa shape index (κ3) is 4.75. The van der Waals surface area contributed by atoms with Gasteiger partial charge in [-0.05, 0) is 67.0 Å². The van der Waals surface area contributed by atoms with Crippen LogP contribution in [0.25, 0.3) is 22.6 Å². The molecule has 1 aliphatic carbocycles. The Hall–Kier alpha value is -3.45. The van der Waals surface area contributed by atoms with E-state index in [9.17, 15) is 9.59 Å². The summed E-state index contributed by atoms with van der Waals surface area (Å²) in [6.07, 6.45) is 7.14. The van der Waals surface area contributed by atoms with E-state index in [2.05, 4.69) is 12.2 Å². The number of ether oxygens (including phenoxy) is 2. The van der Waals surface area contributed by atoms with E-state index in [-0.39, 0.29) is 18.6 Å². The number of para-hydroxylation sites is 1. The van der Waals surface area contributed by atoms with Crippen LogP contribution in [0.2, 0.25) is 0 Å². The zero-order chi connectivity index (χ0) is 23.5. The first-order valence-corrected chi connectivity index (χ1v) is 11.8. The SMILES string of the molecule is CC1C/C(=C\c2ccco2)c2nc3ccccc3c(C(=O)OCC(=O)NCC3CCCO3)c2C1. The Kier molecular flexibility index (Phi) is 6.45. The van der Waals surface area contributed by atoms with Gasteiger partial charge >= 0.3 is 5.97 Å². The molecule has 0 bridgehead atoms. The van der Waals surface area contributed by atoms with E-state index in [0.29, 0.717) is 24.4 Å². The topological polar surface area (TPSA) is 90.7 Å². The molecule has 1 N–H and O–H groups in total. The van der Waals surface area contributed by atoms with Crippen LogP contribution in [0.5, 0.6) is 0 Å². The van der Waals surface area contributed by atoms with Crippen LogP contribution < -0.4 is 5.32 Å². The lowest BCUT2D eigenvalue weighted by Crippen LogP contribution is -2.35. The summed E-state index contributed by atoms with van der Waals surface area (Å²) in [7, 11) is 0. The van der Waals surface area contributed by atoms with Gasteiger partial charge in [0.15, 0.2) is 6.61 Å². The Morgan fingerprint density at radius 3 is 2.88 bits per heavy atom. The molecule has 0 saturated carbocycles. The number of esters is 1. The molecule has 0 radical (unpaired) electrons. The van der Waals surface area contributed by atoms with Crippen molar-refractivity contribution in [1.29, 1.82) is 0 Å². The lowest BCUT2D eigenvalue weighted by Gasteiger charge is -2.26. The molecule has 1 aliphatic heterocycles. The maximum atomic E-state index is 13.3. The molecule has 2 aromatic heterocycles. The van der Waals surface area contributed by atoms with Crippen LogP contribution in [0.4, 0.5) is 0 Å². The highest BCUT2D eigenvalue weighted by atomic mass is 16.5. The summed E-state index contributed by atoms with van der Waals surface area (Å²) in [5.74, 6) is 0.228. The van der Waals surface area contributed by atoms with E-state index in [0.717, 1.165) is 59.4 Å².